The van der Waals surface area contributed by atoms with Crippen molar-refractivity contribution in [2.75, 3.05) is 6.54 Å². The van der Waals surface area contributed by atoms with Crippen LogP contribution in [0.5, 0.6) is 0 Å². The van der Waals surface area contributed by atoms with Crippen LogP contribution in [0.3, 0.4) is 0 Å². The molecule has 0 aliphatic rings. The lowest BCUT2D eigenvalue weighted by atomic mass is 9.95. The summed E-state index contributed by atoms with van der Waals surface area (Å²) in [6.45, 7) is 5.29. The first-order valence-electron chi connectivity index (χ1n) is 7.45. The number of hydrogen-bond donors (Lipinski definition) is 2. The fourth-order valence-electron chi connectivity index (χ4n) is 2.46. The molecule has 1 aromatic carbocycles. The van der Waals surface area contributed by atoms with Gasteiger partial charge in [0.1, 0.15) is 5.54 Å². The highest BCUT2D eigenvalue weighted by molar-refractivity contribution is 5.78. The van der Waals surface area contributed by atoms with Crippen molar-refractivity contribution in [3.8, 4) is 0 Å². The lowest BCUT2D eigenvalue weighted by Gasteiger charge is -2.26. The normalized spacial score (nSPS) is 14.2. The molecule has 5 heteroatoms. The van der Waals surface area contributed by atoms with Gasteiger partial charge in [0.25, 0.3) is 0 Å². The van der Waals surface area contributed by atoms with Crippen molar-refractivity contribution in [1.82, 2.24) is 14.9 Å². The molecule has 0 aliphatic carbocycles. The first-order chi connectivity index (χ1) is 10.1. The third kappa shape index (κ3) is 3.61. The maximum atomic E-state index is 11.5. The SMILES string of the molecule is CCCNC(C)(CCCn1cnc2ccccc21)C(=O)O. The van der Waals surface area contributed by atoms with Crippen LogP contribution in [0.25, 0.3) is 11.0 Å². The second-order valence-corrected chi connectivity index (χ2v) is 5.59. The zero-order chi connectivity index (χ0) is 15.3. The van der Waals surface area contributed by atoms with Gasteiger partial charge < -0.3 is 15.0 Å². The topological polar surface area (TPSA) is 67.2 Å². The van der Waals surface area contributed by atoms with Gasteiger partial charge in [0.05, 0.1) is 17.4 Å². The van der Waals surface area contributed by atoms with Crippen molar-refractivity contribution in [1.29, 1.82) is 0 Å². The van der Waals surface area contributed by atoms with Crippen LogP contribution < -0.4 is 5.32 Å². The molecule has 1 unspecified atom stereocenters. The van der Waals surface area contributed by atoms with Crippen molar-refractivity contribution in [2.24, 2.45) is 0 Å². The molecule has 0 fully saturated rings. The van der Waals surface area contributed by atoms with Crippen molar-refractivity contribution < 1.29 is 9.90 Å². The maximum absolute atomic E-state index is 11.5. The monoisotopic (exact) mass is 289 g/mol. The molecule has 1 atom stereocenters. The number of nitrogens with one attached hydrogen (secondary N) is 1. The number of imidazole rings is 1. The van der Waals surface area contributed by atoms with Crippen molar-refractivity contribution in [3.63, 3.8) is 0 Å². The van der Waals surface area contributed by atoms with E-state index in [1.807, 2.05) is 37.5 Å². The Hall–Kier alpha value is -1.88. The number of carboxylic acids is 1. The van der Waals surface area contributed by atoms with Crippen LogP contribution in [0.2, 0.25) is 0 Å². The Kier molecular flexibility index (Phi) is 4.96. The molecule has 0 bridgehead atoms. The van der Waals surface area contributed by atoms with E-state index in [2.05, 4.69) is 14.9 Å². The largest absolute Gasteiger partial charge is 0.480 e. The minimum absolute atomic E-state index is 0.592. The van der Waals surface area contributed by atoms with E-state index >= 15 is 0 Å². The summed E-state index contributed by atoms with van der Waals surface area (Å²) >= 11 is 0. The van der Waals surface area contributed by atoms with Crippen LogP contribution in [-0.2, 0) is 11.3 Å². The Balaban J connectivity index is 1.97. The van der Waals surface area contributed by atoms with E-state index in [-0.39, 0.29) is 0 Å². The van der Waals surface area contributed by atoms with Crippen LogP contribution in [0.4, 0.5) is 0 Å². The van der Waals surface area contributed by atoms with Gasteiger partial charge in [-0.05, 0) is 44.9 Å². The summed E-state index contributed by atoms with van der Waals surface area (Å²) in [5, 5.41) is 12.5. The summed E-state index contributed by atoms with van der Waals surface area (Å²) in [4.78, 5) is 15.8. The third-order valence-corrected chi connectivity index (χ3v) is 3.84. The number of hydrogen-bond acceptors (Lipinski definition) is 3. The summed E-state index contributed by atoms with van der Waals surface area (Å²) < 4.78 is 2.08. The Bertz CT molecular complexity index is 608. The standard InChI is InChI=1S/C16H23N3O2/c1-3-10-18-16(2,15(20)21)9-6-11-19-12-17-13-7-4-5-8-14(13)19/h4-5,7-8,12,18H,3,6,9-11H2,1-2H3,(H,20,21). The third-order valence-electron chi connectivity index (χ3n) is 3.84. The Labute approximate surface area is 125 Å². The molecular formula is C16H23N3O2. The number of fused-ring (bicyclic) bond motifs is 1. The summed E-state index contributed by atoms with van der Waals surface area (Å²) in [6, 6.07) is 7.98. The number of benzene rings is 1. The van der Waals surface area contributed by atoms with Gasteiger partial charge in [-0.2, -0.15) is 0 Å². The van der Waals surface area contributed by atoms with E-state index < -0.39 is 11.5 Å². The van der Waals surface area contributed by atoms with Crippen LogP contribution in [0.15, 0.2) is 30.6 Å². The predicted molar refractivity (Wildman–Crippen MR) is 83.3 cm³/mol. The maximum Gasteiger partial charge on any atom is 0.323 e. The van der Waals surface area contributed by atoms with E-state index in [0.29, 0.717) is 6.42 Å². The van der Waals surface area contributed by atoms with Gasteiger partial charge in [0.15, 0.2) is 0 Å². The van der Waals surface area contributed by atoms with E-state index in [1.165, 1.54) is 0 Å². The molecule has 5 nitrogen and oxygen atoms in total. The lowest BCUT2D eigenvalue weighted by Crippen LogP contribution is -2.49. The quantitative estimate of drug-likeness (QED) is 0.784. The number of aryl methyl sites for hydroxylation is 1. The van der Waals surface area contributed by atoms with E-state index in [0.717, 1.165) is 37.0 Å². The Morgan fingerprint density at radius 3 is 2.90 bits per heavy atom. The van der Waals surface area contributed by atoms with Gasteiger partial charge in [-0.15, -0.1) is 0 Å². The van der Waals surface area contributed by atoms with Crippen molar-refractivity contribution in [2.45, 2.75) is 45.2 Å². The summed E-state index contributed by atoms with van der Waals surface area (Å²) in [5.41, 5.74) is 1.21. The average molecular weight is 289 g/mol. The molecule has 0 saturated heterocycles. The number of rotatable bonds is 8. The van der Waals surface area contributed by atoms with Gasteiger partial charge >= 0.3 is 5.97 Å². The first-order valence-corrected chi connectivity index (χ1v) is 7.45. The van der Waals surface area contributed by atoms with E-state index in [4.69, 9.17) is 0 Å². The molecule has 1 aromatic heterocycles. The first kappa shape index (κ1) is 15.5. The molecule has 0 saturated carbocycles. The molecule has 0 radical (unpaired) electrons. The van der Waals surface area contributed by atoms with Crippen LogP contribution in [0, 0.1) is 0 Å². The molecule has 0 aliphatic heterocycles. The van der Waals surface area contributed by atoms with Gasteiger partial charge in [-0.1, -0.05) is 19.1 Å². The number of carbonyl (C=O) groups is 1. The fraction of sp³-hybridized carbons (Fsp3) is 0.500. The van der Waals surface area contributed by atoms with Crippen LogP contribution in [-0.4, -0.2) is 32.7 Å². The number of para-hydroxylation sites is 2. The summed E-state index contributed by atoms with van der Waals surface area (Å²) in [6.07, 6.45) is 4.13. The lowest BCUT2D eigenvalue weighted by molar-refractivity contribution is -0.144. The Morgan fingerprint density at radius 1 is 1.43 bits per heavy atom. The highest BCUT2D eigenvalue weighted by Crippen LogP contribution is 2.17. The number of carboxylic acid groups (broad SMARTS) is 1. The second kappa shape index (κ2) is 6.72. The van der Waals surface area contributed by atoms with E-state index in [1.54, 1.807) is 6.92 Å². The molecule has 2 rings (SSSR count). The van der Waals surface area contributed by atoms with Gasteiger partial charge in [-0.3, -0.25) is 4.79 Å². The molecule has 0 spiro atoms. The molecular weight excluding hydrogens is 266 g/mol. The molecule has 0 amide bonds. The predicted octanol–water partition coefficient (Wildman–Crippen LogP) is 2.66. The minimum atomic E-state index is -0.855. The van der Waals surface area contributed by atoms with Crippen LogP contribution >= 0.6 is 0 Å². The van der Waals surface area contributed by atoms with Crippen molar-refractivity contribution in [3.05, 3.63) is 30.6 Å². The summed E-state index contributed by atoms with van der Waals surface area (Å²) in [5.74, 6) is -0.786. The number of aromatic nitrogens is 2. The molecule has 2 aromatic rings. The minimum Gasteiger partial charge on any atom is -0.480 e. The second-order valence-electron chi connectivity index (χ2n) is 5.59. The molecule has 21 heavy (non-hydrogen) atoms. The van der Waals surface area contributed by atoms with E-state index in [9.17, 15) is 9.90 Å². The highest BCUT2D eigenvalue weighted by Gasteiger charge is 2.31. The van der Waals surface area contributed by atoms with Crippen molar-refractivity contribution >= 4 is 17.0 Å². The smallest absolute Gasteiger partial charge is 0.323 e. The fourth-order valence-corrected chi connectivity index (χ4v) is 2.46. The van der Waals surface area contributed by atoms with Gasteiger partial charge in [-0.25, -0.2) is 4.98 Å². The van der Waals surface area contributed by atoms with Gasteiger partial charge in [0.2, 0.25) is 0 Å². The highest BCUT2D eigenvalue weighted by atomic mass is 16.4. The Morgan fingerprint density at radius 2 is 2.19 bits per heavy atom. The molecule has 114 valence electrons. The summed E-state index contributed by atoms with van der Waals surface area (Å²) in [7, 11) is 0. The number of aliphatic carboxylic acids is 1. The van der Waals surface area contributed by atoms with Crippen LogP contribution in [0.1, 0.15) is 33.1 Å². The number of nitrogens with zero attached hydrogens (tertiary/aromatic N) is 2. The van der Waals surface area contributed by atoms with Gasteiger partial charge in [0, 0.05) is 6.54 Å². The average Bonchev–Trinajstić information content (AvgIpc) is 2.88. The zero-order valence-corrected chi connectivity index (χ0v) is 12.7. The zero-order valence-electron chi connectivity index (χ0n) is 12.7. The molecule has 2 N–H and O–H groups in total. The molecule has 1 heterocycles.